The minimum atomic E-state index is -1.64. The zero-order valence-electron chi connectivity index (χ0n) is 13.1. The number of methoxy groups -OCH3 is 2. The lowest BCUT2D eigenvalue weighted by Gasteiger charge is -2.21. The van der Waals surface area contributed by atoms with Gasteiger partial charge in [0.15, 0.2) is 5.92 Å². The molecule has 1 aromatic rings. The largest absolute Gasteiger partial charge is 0.493 e. The molecule has 9 heteroatoms. The summed E-state index contributed by atoms with van der Waals surface area (Å²) in [5.74, 6) is -5.48. The molecule has 1 heterocycles. The van der Waals surface area contributed by atoms with Crippen LogP contribution in [0.3, 0.4) is 0 Å². The van der Waals surface area contributed by atoms with Gasteiger partial charge in [-0.2, -0.15) is 0 Å². The maximum atomic E-state index is 14.4. The van der Waals surface area contributed by atoms with E-state index in [1.165, 1.54) is 6.07 Å². The molecule has 0 aromatic heterocycles. The van der Waals surface area contributed by atoms with Gasteiger partial charge in [-0.3, -0.25) is 19.7 Å². The van der Waals surface area contributed by atoms with Crippen LogP contribution in [0, 0.1) is 21.8 Å². The van der Waals surface area contributed by atoms with Gasteiger partial charge in [-0.05, 0) is 17.2 Å². The normalized spacial score (nSPS) is 13.8. The molecule has 130 valence electrons. The third-order valence-electron chi connectivity index (χ3n) is 3.87. The number of fused-ring (bicyclic) bond motifs is 1. The Bertz CT molecular complexity index is 660. The van der Waals surface area contributed by atoms with Crippen molar-refractivity contribution in [3.8, 4) is 5.75 Å². The number of esters is 2. The first-order valence-corrected chi connectivity index (χ1v) is 7.11. The van der Waals surface area contributed by atoms with Crippen LogP contribution in [0.25, 0.3) is 0 Å². The van der Waals surface area contributed by atoms with E-state index in [0.29, 0.717) is 24.3 Å². The number of carbonyl (C=O) groups excluding carboxylic acids is 2. The van der Waals surface area contributed by atoms with Crippen LogP contribution >= 0.6 is 0 Å². The predicted molar refractivity (Wildman–Crippen MR) is 77.7 cm³/mol. The lowest BCUT2D eigenvalue weighted by atomic mass is 9.84. The molecule has 0 radical (unpaired) electrons. The molecule has 2 rings (SSSR count). The minimum absolute atomic E-state index is 0.114. The predicted octanol–water partition coefficient (Wildman–Crippen LogP) is 1.08. The summed E-state index contributed by atoms with van der Waals surface area (Å²) in [6, 6.07) is 2.50. The molecule has 1 unspecified atom stereocenters. The third-order valence-corrected chi connectivity index (χ3v) is 3.87. The Hall–Kier alpha value is -2.71. The van der Waals surface area contributed by atoms with Crippen molar-refractivity contribution in [2.45, 2.75) is 12.3 Å². The monoisotopic (exact) mass is 341 g/mol. The summed E-state index contributed by atoms with van der Waals surface area (Å²) < 4.78 is 28.8. The topological polar surface area (TPSA) is 105 Å². The van der Waals surface area contributed by atoms with E-state index in [2.05, 4.69) is 9.47 Å². The van der Waals surface area contributed by atoms with Crippen LogP contribution < -0.4 is 4.74 Å². The van der Waals surface area contributed by atoms with Gasteiger partial charge in [0.2, 0.25) is 6.54 Å². The molecule has 0 fully saturated rings. The van der Waals surface area contributed by atoms with E-state index in [-0.39, 0.29) is 5.56 Å². The summed E-state index contributed by atoms with van der Waals surface area (Å²) in [6.45, 7) is -0.457. The van der Waals surface area contributed by atoms with Gasteiger partial charge < -0.3 is 14.2 Å². The molecule has 0 aliphatic carbocycles. The Morgan fingerprint density at radius 1 is 1.33 bits per heavy atom. The van der Waals surface area contributed by atoms with Crippen molar-refractivity contribution in [3.05, 3.63) is 39.2 Å². The first kappa shape index (κ1) is 17.6. The fourth-order valence-electron chi connectivity index (χ4n) is 2.73. The lowest BCUT2D eigenvalue weighted by molar-refractivity contribution is -0.484. The highest BCUT2D eigenvalue weighted by Gasteiger charge is 2.42. The molecule has 0 spiro atoms. The molecule has 1 aromatic carbocycles. The van der Waals surface area contributed by atoms with Crippen LogP contribution in [-0.4, -0.2) is 44.2 Å². The number of hydrogen-bond acceptors (Lipinski definition) is 7. The first-order chi connectivity index (χ1) is 11.4. The molecule has 24 heavy (non-hydrogen) atoms. The van der Waals surface area contributed by atoms with Crippen molar-refractivity contribution < 1.29 is 33.1 Å². The Morgan fingerprint density at radius 2 is 1.96 bits per heavy atom. The zero-order chi connectivity index (χ0) is 17.9. The zero-order valence-corrected chi connectivity index (χ0v) is 13.1. The molecule has 0 amide bonds. The van der Waals surface area contributed by atoms with Crippen LogP contribution in [0.4, 0.5) is 4.39 Å². The number of nitrogens with zero attached hydrogens (tertiary/aromatic N) is 1. The maximum absolute atomic E-state index is 14.4. The van der Waals surface area contributed by atoms with Crippen molar-refractivity contribution in [1.29, 1.82) is 0 Å². The smallest absolute Gasteiger partial charge is 0.320 e. The fourth-order valence-corrected chi connectivity index (χ4v) is 2.73. The molecular weight excluding hydrogens is 325 g/mol. The van der Waals surface area contributed by atoms with Gasteiger partial charge in [-0.15, -0.1) is 0 Å². The number of ether oxygens (including phenoxy) is 3. The van der Waals surface area contributed by atoms with Crippen molar-refractivity contribution in [1.82, 2.24) is 0 Å². The summed E-state index contributed by atoms with van der Waals surface area (Å²) in [4.78, 5) is 34.2. The molecule has 0 N–H and O–H groups in total. The molecular formula is C15H16FNO7. The van der Waals surface area contributed by atoms with Crippen LogP contribution in [0.15, 0.2) is 12.1 Å². The average molecular weight is 341 g/mol. The summed E-state index contributed by atoms with van der Waals surface area (Å²) in [7, 11) is 2.07. The second-order valence-corrected chi connectivity index (χ2v) is 5.23. The second kappa shape index (κ2) is 7.24. The lowest BCUT2D eigenvalue weighted by Crippen LogP contribution is -2.36. The Morgan fingerprint density at radius 3 is 2.50 bits per heavy atom. The van der Waals surface area contributed by atoms with Crippen molar-refractivity contribution >= 4 is 11.9 Å². The highest BCUT2D eigenvalue weighted by atomic mass is 19.1. The number of benzene rings is 1. The van der Waals surface area contributed by atoms with E-state index >= 15 is 0 Å². The minimum Gasteiger partial charge on any atom is -0.493 e. The summed E-state index contributed by atoms with van der Waals surface area (Å²) in [5, 5.41) is 11.0. The first-order valence-electron chi connectivity index (χ1n) is 7.11. The van der Waals surface area contributed by atoms with Crippen LogP contribution in [0.5, 0.6) is 5.75 Å². The molecule has 1 atom stereocenters. The van der Waals surface area contributed by atoms with Crippen molar-refractivity contribution in [2.24, 2.45) is 5.92 Å². The van der Waals surface area contributed by atoms with Crippen LogP contribution in [-0.2, 0) is 25.5 Å². The number of carbonyl (C=O) groups is 2. The van der Waals surface area contributed by atoms with Gasteiger partial charge in [0.1, 0.15) is 11.6 Å². The van der Waals surface area contributed by atoms with Crippen LogP contribution in [0.1, 0.15) is 17.0 Å². The van der Waals surface area contributed by atoms with Gasteiger partial charge in [0, 0.05) is 17.4 Å². The maximum Gasteiger partial charge on any atom is 0.320 e. The van der Waals surface area contributed by atoms with Gasteiger partial charge >= 0.3 is 11.9 Å². The van der Waals surface area contributed by atoms with E-state index in [9.17, 15) is 24.1 Å². The van der Waals surface area contributed by atoms with E-state index < -0.39 is 41.1 Å². The number of halogens is 1. The van der Waals surface area contributed by atoms with E-state index in [0.717, 1.165) is 20.3 Å². The standard InChI is InChI=1S/C15H16FNO7/c1-22-14(18)13(15(19)23-2)10(7-17(20)21)9-5-8-3-4-24-12(8)6-11(9)16/h5-6,10,13H,3-4,7H2,1-2H3. The molecule has 1 aliphatic heterocycles. The van der Waals surface area contributed by atoms with Crippen LogP contribution in [0.2, 0.25) is 0 Å². The Labute approximate surface area is 136 Å². The third kappa shape index (κ3) is 3.44. The molecule has 1 aliphatic rings. The molecule has 0 saturated carbocycles. The quantitative estimate of drug-likeness (QED) is 0.330. The number of nitro groups is 1. The SMILES string of the molecule is COC(=O)C(C(=O)OC)C(C[N+](=O)[O-])c1cc2c(cc1F)OCC2. The number of rotatable bonds is 6. The van der Waals surface area contributed by atoms with E-state index in [1.54, 1.807) is 0 Å². The molecule has 0 bridgehead atoms. The molecule has 0 saturated heterocycles. The van der Waals surface area contributed by atoms with Crippen molar-refractivity contribution in [3.63, 3.8) is 0 Å². The number of hydrogen-bond donors (Lipinski definition) is 0. The fraction of sp³-hybridized carbons (Fsp3) is 0.467. The highest BCUT2D eigenvalue weighted by Crippen LogP contribution is 2.35. The van der Waals surface area contributed by atoms with Gasteiger partial charge in [0.25, 0.3) is 0 Å². The Balaban J connectivity index is 2.53. The van der Waals surface area contributed by atoms with Crippen molar-refractivity contribution in [2.75, 3.05) is 27.4 Å². The van der Waals surface area contributed by atoms with Gasteiger partial charge in [0.05, 0.1) is 26.7 Å². The van der Waals surface area contributed by atoms with Gasteiger partial charge in [-0.25, -0.2) is 4.39 Å². The van der Waals surface area contributed by atoms with E-state index in [4.69, 9.17) is 4.74 Å². The summed E-state index contributed by atoms with van der Waals surface area (Å²) in [5.41, 5.74) is 0.546. The Kier molecular flexibility index (Phi) is 5.32. The second-order valence-electron chi connectivity index (χ2n) is 5.23. The highest BCUT2D eigenvalue weighted by molar-refractivity contribution is 5.96. The van der Waals surface area contributed by atoms with E-state index in [1.807, 2.05) is 0 Å². The average Bonchev–Trinajstić information content (AvgIpc) is 2.99. The van der Waals surface area contributed by atoms with Gasteiger partial charge in [-0.1, -0.05) is 0 Å². The summed E-state index contributed by atoms with van der Waals surface area (Å²) in [6.07, 6.45) is 0.509. The molecule has 8 nitrogen and oxygen atoms in total. The summed E-state index contributed by atoms with van der Waals surface area (Å²) >= 11 is 0.